The Balaban J connectivity index is 2.10. The first-order chi connectivity index (χ1) is 7.24. The highest BCUT2D eigenvalue weighted by atomic mass is 16.6. The minimum atomic E-state index is -0.415. The Labute approximate surface area is 88.5 Å². The number of nitrogens with one attached hydrogen (secondary N) is 1. The van der Waals surface area contributed by atoms with Crippen LogP contribution in [0.3, 0.4) is 0 Å². The van der Waals surface area contributed by atoms with Crippen molar-refractivity contribution in [2.75, 3.05) is 40.0 Å². The number of carbonyl (C=O) groups is 2. The Bertz CT molecular complexity index is 232. The van der Waals surface area contributed by atoms with E-state index >= 15 is 0 Å². The van der Waals surface area contributed by atoms with Gasteiger partial charge in [-0.1, -0.05) is 0 Å². The molecule has 0 saturated carbocycles. The quantitative estimate of drug-likeness (QED) is 0.613. The van der Waals surface area contributed by atoms with E-state index < -0.39 is 6.09 Å². The summed E-state index contributed by atoms with van der Waals surface area (Å²) in [4.78, 5) is 23.7. The molecule has 1 aliphatic rings. The molecule has 86 valence electrons. The van der Waals surface area contributed by atoms with Gasteiger partial charge in [0.2, 0.25) is 5.91 Å². The second-order valence-electron chi connectivity index (χ2n) is 3.23. The predicted molar refractivity (Wildman–Crippen MR) is 52.4 cm³/mol. The van der Waals surface area contributed by atoms with Crippen molar-refractivity contribution in [3.8, 4) is 0 Å². The Hall–Kier alpha value is -1.30. The van der Waals surface area contributed by atoms with Gasteiger partial charge in [-0.25, -0.2) is 4.79 Å². The van der Waals surface area contributed by atoms with Crippen LogP contribution < -0.4 is 5.32 Å². The Morgan fingerprint density at radius 1 is 1.67 bits per heavy atom. The Morgan fingerprint density at radius 3 is 3.07 bits per heavy atom. The summed E-state index contributed by atoms with van der Waals surface area (Å²) in [6, 6.07) is 0. The molecule has 0 spiro atoms. The van der Waals surface area contributed by atoms with E-state index in [2.05, 4.69) is 5.32 Å². The van der Waals surface area contributed by atoms with Crippen molar-refractivity contribution in [2.45, 2.75) is 6.42 Å². The summed E-state index contributed by atoms with van der Waals surface area (Å²) in [6.07, 6.45) is 0.356. The highest BCUT2D eigenvalue weighted by Crippen LogP contribution is 2.01. The van der Waals surface area contributed by atoms with Crippen molar-refractivity contribution in [1.82, 2.24) is 10.2 Å². The standard InChI is InChI=1S/C9H16N2O4/c1-14-5-2-3-10-8(12)7-11-4-6-15-9(11)13/h2-7H2,1H3,(H,10,12). The van der Waals surface area contributed by atoms with Crippen molar-refractivity contribution in [1.29, 1.82) is 0 Å². The fourth-order valence-corrected chi connectivity index (χ4v) is 1.24. The van der Waals surface area contributed by atoms with Crippen molar-refractivity contribution < 1.29 is 19.1 Å². The van der Waals surface area contributed by atoms with Gasteiger partial charge in [0.05, 0.1) is 6.54 Å². The number of methoxy groups -OCH3 is 1. The zero-order valence-electron chi connectivity index (χ0n) is 8.82. The molecule has 0 aliphatic carbocycles. The molecule has 1 aliphatic heterocycles. The third kappa shape index (κ3) is 4.16. The first kappa shape index (κ1) is 11.8. The van der Waals surface area contributed by atoms with Gasteiger partial charge in [-0.15, -0.1) is 0 Å². The summed E-state index contributed by atoms with van der Waals surface area (Å²) in [6.45, 7) is 2.12. The second-order valence-corrected chi connectivity index (χ2v) is 3.23. The smallest absolute Gasteiger partial charge is 0.410 e. The largest absolute Gasteiger partial charge is 0.448 e. The van der Waals surface area contributed by atoms with E-state index in [1.165, 1.54) is 4.90 Å². The molecule has 0 radical (unpaired) electrons. The summed E-state index contributed by atoms with van der Waals surface area (Å²) in [5.41, 5.74) is 0. The number of rotatable bonds is 6. The number of ether oxygens (including phenoxy) is 2. The molecule has 2 amide bonds. The van der Waals surface area contributed by atoms with Gasteiger partial charge in [0, 0.05) is 20.3 Å². The Kier molecular flexibility index (Phi) is 4.89. The van der Waals surface area contributed by atoms with Crippen LogP contribution in [0.4, 0.5) is 4.79 Å². The zero-order chi connectivity index (χ0) is 11.1. The molecule has 0 atom stereocenters. The number of hydrogen-bond acceptors (Lipinski definition) is 4. The molecule has 0 unspecified atom stereocenters. The maximum atomic E-state index is 11.3. The molecule has 1 rings (SSSR count). The van der Waals surface area contributed by atoms with E-state index in [-0.39, 0.29) is 12.5 Å². The molecule has 6 heteroatoms. The van der Waals surface area contributed by atoms with Crippen LogP contribution >= 0.6 is 0 Å². The van der Waals surface area contributed by atoms with Crippen molar-refractivity contribution in [3.05, 3.63) is 0 Å². The highest BCUT2D eigenvalue weighted by Gasteiger charge is 2.23. The van der Waals surface area contributed by atoms with E-state index in [9.17, 15) is 9.59 Å². The molecule has 15 heavy (non-hydrogen) atoms. The molecule has 0 aromatic carbocycles. The lowest BCUT2D eigenvalue weighted by molar-refractivity contribution is -0.121. The molecular formula is C9H16N2O4. The second kappa shape index (κ2) is 6.23. The van der Waals surface area contributed by atoms with E-state index in [0.717, 1.165) is 6.42 Å². The van der Waals surface area contributed by atoms with E-state index in [0.29, 0.717) is 26.3 Å². The number of nitrogens with zero attached hydrogens (tertiary/aromatic N) is 1. The minimum Gasteiger partial charge on any atom is -0.448 e. The lowest BCUT2D eigenvalue weighted by atomic mass is 10.4. The molecular weight excluding hydrogens is 200 g/mol. The SMILES string of the molecule is COCCCNC(=O)CN1CCOC1=O. The highest BCUT2D eigenvalue weighted by molar-refractivity contribution is 5.82. The maximum Gasteiger partial charge on any atom is 0.410 e. The topological polar surface area (TPSA) is 67.9 Å². The average Bonchev–Trinajstić information content (AvgIpc) is 2.59. The van der Waals surface area contributed by atoms with E-state index in [1.807, 2.05) is 0 Å². The van der Waals surface area contributed by atoms with E-state index in [4.69, 9.17) is 9.47 Å². The monoisotopic (exact) mass is 216 g/mol. The van der Waals surface area contributed by atoms with Gasteiger partial charge in [0.15, 0.2) is 0 Å². The van der Waals surface area contributed by atoms with Crippen LogP contribution in [0, 0.1) is 0 Å². The van der Waals surface area contributed by atoms with Gasteiger partial charge >= 0.3 is 6.09 Å². The number of cyclic esters (lactones) is 1. The lowest BCUT2D eigenvalue weighted by Crippen LogP contribution is -2.38. The first-order valence-corrected chi connectivity index (χ1v) is 4.91. The number of amides is 2. The molecule has 0 aromatic heterocycles. The zero-order valence-corrected chi connectivity index (χ0v) is 8.82. The summed E-state index contributed by atoms with van der Waals surface area (Å²) < 4.78 is 9.53. The summed E-state index contributed by atoms with van der Waals surface area (Å²) >= 11 is 0. The third-order valence-electron chi connectivity index (χ3n) is 2.03. The number of carbonyl (C=O) groups excluding carboxylic acids is 2. The lowest BCUT2D eigenvalue weighted by Gasteiger charge is -2.11. The van der Waals surface area contributed by atoms with Crippen LogP contribution in [0.5, 0.6) is 0 Å². The first-order valence-electron chi connectivity index (χ1n) is 4.91. The maximum absolute atomic E-state index is 11.3. The molecule has 1 N–H and O–H groups in total. The molecule has 1 fully saturated rings. The van der Waals surface area contributed by atoms with Crippen LogP contribution in [0.1, 0.15) is 6.42 Å². The summed E-state index contributed by atoms with van der Waals surface area (Å²) in [7, 11) is 1.61. The van der Waals surface area contributed by atoms with Gasteiger partial charge in [-0.3, -0.25) is 9.69 Å². The van der Waals surface area contributed by atoms with Crippen molar-refractivity contribution in [2.24, 2.45) is 0 Å². The minimum absolute atomic E-state index is 0.0752. The van der Waals surface area contributed by atoms with Crippen LogP contribution in [0.25, 0.3) is 0 Å². The molecule has 1 saturated heterocycles. The number of hydrogen-bond donors (Lipinski definition) is 1. The van der Waals surface area contributed by atoms with Crippen LogP contribution in [0.2, 0.25) is 0 Å². The van der Waals surface area contributed by atoms with Crippen LogP contribution in [-0.4, -0.2) is 56.9 Å². The summed E-state index contributed by atoms with van der Waals surface area (Å²) in [5.74, 6) is -0.162. The normalized spacial score (nSPS) is 15.3. The van der Waals surface area contributed by atoms with Gasteiger partial charge in [-0.05, 0) is 6.42 Å². The third-order valence-corrected chi connectivity index (χ3v) is 2.03. The Morgan fingerprint density at radius 2 is 2.47 bits per heavy atom. The van der Waals surface area contributed by atoms with Crippen molar-refractivity contribution >= 4 is 12.0 Å². The van der Waals surface area contributed by atoms with Crippen LogP contribution in [0.15, 0.2) is 0 Å². The fourth-order valence-electron chi connectivity index (χ4n) is 1.24. The van der Waals surface area contributed by atoms with Crippen molar-refractivity contribution in [3.63, 3.8) is 0 Å². The van der Waals surface area contributed by atoms with Gasteiger partial charge < -0.3 is 14.8 Å². The molecule has 0 aromatic rings. The molecule has 6 nitrogen and oxygen atoms in total. The van der Waals surface area contributed by atoms with E-state index in [1.54, 1.807) is 7.11 Å². The molecule has 0 bridgehead atoms. The summed E-state index contributed by atoms with van der Waals surface area (Å²) in [5, 5.41) is 2.70. The van der Waals surface area contributed by atoms with Gasteiger partial charge in [-0.2, -0.15) is 0 Å². The average molecular weight is 216 g/mol. The van der Waals surface area contributed by atoms with Gasteiger partial charge in [0.25, 0.3) is 0 Å². The predicted octanol–water partition coefficient (Wildman–Crippen LogP) is -0.409. The molecule has 1 heterocycles. The van der Waals surface area contributed by atoms with Gasteiger partial charge in [0.1, 0.15) is 13.2 Å². The fraction of sp³-hybridized carbons (Fsp3) is 0.778. The van der Waals surface area contributed by atoms with Crippen LogP contribution in [-0.2, 0) is 14.3 Å².